The maximum atomic E-state index is 12.7. The van der Waals surface area contributed by atoms with Crippen LogP contribution in [0.2, 0.25) is 5.02 Å². The Balaban J connectivity index is 1.74. The van der Waals surface area contributed by atoms with Crippen LogP contribution in [0.25, 0.3) is 0 Å². The summed E-state index contributed by atoms with van der Waals surface area (Å²) in [6, 6.07) is 21.0. The van der Waals surface area contributed by atoms with Crippen LogP contribution in [0.15, 0.2) is 77.7 Å². The van der Waals surface area contributed by atoms with Crippen LogP contribution >= 0.6 is 11.6 Å². The lowest BCUT2D eigenvalue weighted by Crippen LogP contribution is -2.26. The van der Waals surface area contributed by atoms with Gasteiger partial charge in [0.2, 0.25) is 10.0 Å². The normalized spacial score (nSPS) is 11.2. The van der Waals surface area contributed by atoms with Gasteiger partial charge >= 0.3 is 0 Å². The maximum Gasteiger partial charge on any atom is 0.251 e. The Morgan fingerprint density at radius 2 is 1.62 bits per heavy atom. The molecule has 0 atom stereocenters. The molecule has 0 fully saturated rings. The summed E-state index contributed by atoms with van der Waals surface area (Å²) in [5.74, 6) is -0.359. The smallest absolute Gasteiger partial charge is 0.251 e. The van der Waals surface area contributed by atoms with E-state index in [9.17, 15) is 13.2 Å². The van der Waals surface area contributed by atoms with E-state index in [0.717, 1.165) is 11.1 Å². The number of carbonyl (C=O) groups is 1. The van der Waals surface area contributed by atoms with Crippen molar-refractivity contribution in [2.45, 2.75) is 24.9 Å². The quantitative estimate of drug-likeness (QED) is 0.596. The number of halogens is 1. The van der Waals surface area contributed by atoms with Gasteiger partial charge in [0.05, 0.1) is 4.90 Å². The van der Waals surface area contributed by atoms with Crippen molar-refractivity contribution in [2.75, 3.05) is 0 Å². The molecule has 0 bridgehead atoms. The Morgan fingerprint density at radius 3 is 2.34 bits per heavy atom. The SMILES string of the molecule is Cc1ccc(S(=O)(=O)NCc2ccccc2)cc1C(=O)NCc1ccccc1Cl. The standard InChI is InChI=1S/C22H21ClN2O3S/c1-16-11-12-19(29(27,28)25-14-17-7-3-2-4-8-17)13-20(16)22(26)24-15-18-9-5-6-10-21(18)23/h2-13,25H,14-15H2,1H3,(H,24,26). The minimum Gasteiger partial charge on any atom is -0.348 e. The fourth-order valence-electron chi connectivity index (χ4n) is 2.78. The van der Waals surface area contributed by atoms with E-state index in [2.05, 4.69) is 10.0 Å². The number of aryl methyl sites for hydroxylation is 1. The third-order valence-electron chi connectivity index (χ3n) is 4.47. The summed E-state index contributed by atoms with van der Waals surface area (Å²) in [4.78, 5) is 12.7. The molecule has 2 N–H and O–H groups in total. The van der Waals surface area contributed by atoms with Gasteiger partial charge in [-0.25, -0.2) is 13.1 Å². The van der Waals surface area contributed by atoms with Gasteiger partial charge in [0.25, 0.3) is 5.91 Å². The van der Waals surface area contributed by atoms with E-state index in [0.29, 0.717) is 16.1 Å². The van der Waals surface area contributed by atoms with Crippen LogP contribution in [0, 0.1) is 6.92 Å². The summed E-state index contributed by atoms with van der Waals surface area (Å²) >= 11 is 6.12. The maximum absolute atomic E-state index is 12.7. The molecule has 5 nitrogen and oxygen atoms in total. The number of hydrogen-bond donors (Lipinski definition) is 2. The minimum absolute atomic E-state index is 0.0434. The summed E-state index contributed by atoms with van der Waals surface area (Å²) in [7, 11) is -3.76. The van der Waals surface area contributed by atoms with Gasteiger partial charge in [-0.05, 0) is 41.8 Å². The lowest BCUT2D eigenvalue weighted by atomic mass is 10.1. The van der Waals surface area contributed by atoms with Crippen molar-refractivity contribution >= 4 is 27.5 Å². The average Bonchev–Trinajstić information content (AvgIpc) is 2.72. The zero-order valence-corrected chi connectivity index (χ0v) is 17.4. The van der Waals surface area contributed by atoms with Crippen LogP contribution in [0.3, 0.4) is 0 Å². The summed E-state index contributed by atoms with van der Waals surface area (Å²) in [5, 5.41) is 3.36. The first-order valence-electron chi connectivity index (χ1n) is 9.02. The first-order chi connectivity index (χ1) is 13.9. The number of hydrogen-bond acceptors (Lipinski definition) is 3. The zero-order valence-electron chi connectivity index (χ0n) is 15.9. The number of benzene rings is 3. The van der Waals surface area contributed by atoms with Crippen molar-refractivity contribution < 1.29 is 13.2 Å². The van der Waals surface area contributed by atoms with Crippen LogP contribution in [-0.4, -0.2) is 14.3 Å². The highest BCUT2D eigenvalue weighted by molar-refractivity contribution is 7.89. The van der Waals surface area contributed by atoms with Gasteiger partial charge in [-0.1, -0.05) is 66.2 Å². The molecule has 0 aliphatic heterocycles. The molecule has 150 valence electrons. The highest BCUT2D eigenvalue weighted by atomic mass is 35.5. The van der Waals surface area contributed by atoms with Crippen LogP contribution in [-0.2, 0) is 23.1 Å². The van der Waals surface area contributed by atoms with Gasteiger partial charge in [0.15, 0.2) is 0 Å². The number of carbonyl (C=O) groups excluding carboxylic acids is 1. The van der Waals surface area contributed by atoms with Crippen molar-refractivity contribution in [1.82, 2.24) is 10.0 Å². The van der Waals surface area contributed by atoms with Gasteiger partial charge in [-0.2, -0.15) is 0 Å². The molecule has 3 rings (SSSR count). The van der Waals surface area contributed by atoms with E-state index in [1.165, 1.54) is 12.1 Å². The molecular formula is C22H21ClN2O3S. The fourth-order valence-corrected chi connectivity index (χ4v) is 4.03. The van der Waals surface area contributed by atoms with Crippen molar-refractivity contribution in [3.8, 4) is 0 Å². The van der Waals surface area contributed by atoms with Gasteiger partial charge < -0.3 is 5.32 Å². The highest BCUT2D eigenvalue weighted by Gasteiger charge is 2.18. The molecular weight excluding hydrogens is 408 g/mol. The third-order valence-corrected chi connectivity index (χ3v) is 6.24. The molecule has 0 spiro atoms. The lowest BCUT2D eigenvalue weighted by molar-refractivity contribution is 0.0950. The third kappa shape index (κ3) is 5.44. The Kier molecular flexibility index (Phi) is 6.69. The number of nitrogens with one attached hydrogen (secondary N) is 2. The molecule has 3 aromatic carbocycles. The second-order valence-electron chi connectivity index (χ2n) is 6.56. The van der Waals surface area contributed by atoms with E-state index >= 15 is 0 Å². The van der Waals surface area contributed by atoms with Crippen molar-refractivity contribution in [2.24, 2.45) is 0 Å². The van der Waals surface area contributed by atoms with Gasteiger partial charge in [0.1, 0.15) is 0 Å². The summed E-state index contributed by atoms with van der Waals surface area (Å²) < 4.78 is 27.9. The topological polar surface area (TPSA) is 75.3 Å². The Labute approximate surface area is 175 Å². The number of sulfonamides is 1. The predicted octanol–water partition coefficient (Wildman–Crippen LogP) is 4.06. The molecule has 0 saturated heterocycles. The minimum atomic E-state index is -3.76. The molecule has 0 unspecified atom stereocenters. The molecule has 0 saturated carbocycles. The van der Waals surface area contributed by atoms with Crippen molar-refractivity contribution in [3.63, 3.8) is 0 Å². The summed E-state index contributed by atoms with van der Waals surface area (Å²) in [6.45, 7) is 2.18. The molecule has 0 aliphatic rings. The van der Waals surface area contributed by atoms with Crippen molar-refractivity contribution in [1.29, 1.82) is 0 Å². The van der Waals surface area contributed by atoms with E-state index in [-0.39, 0.29) is 23.9 Å². The Morgan fingerprint density at radius 1 is 0.931 bits per heavy atom. The van der Waals surface area contributed by atoms with Crippen molar-refractivity contribution in [3.05, 3.63) is 100 Å². The molecule has 29 heavy (non-hydrogen) atoms. The van der Waals surface area contributed by atoms with E-state index < -0.39 is 10.0 Å². The fraction of sp³-hybridized carbons (Fsp3) is 0.136. The molecule has 0 aliphatic carbocycles. The molecule has 0 aromatic heterocycles. The second kappa shape index (κ2) is 9.22. The largest absolute Gasteiger partial charge is 0.348 e. The average molecular weight is 429 g/mol. The second-order valence-corrected chi connectivity index (χ2v) is 8.74. The highest BCUT2D eigenvalue weighted by Crippen LogP contribution is 2.18. The summed E-state index contributed by atoms with van der Waals surface area (Å²) in [6.07, 6.45) is 0. The lowest BCUT2D eigenvalue weighted by Gasteiger charge is -2.12. The van der Waals surface area contributed by atoms with Crippen LogP contribution < -0.4 is 10.0 Å². The van der Waals surface area contributed by atoms with E-state index in [1.807, 2.05) is 48.5 Å². The van der Waals surface area contributed by atoms with E-state index in [4.69, 9.17) is 11.6 Å². The van der Waals surface area contributed by atoms with Gasteiger partial charge in [-0.3, -0.25) is 4.79 Å². The Hall–Kier alpha value is -2.67. The predicted molar refractivity (Wildman–Crippen MR) is 114 cm³/mol. The molecule has 3 aromatic rings. The first-order valence-corrected chi connectivity index (χ1v) is 10.9. The molecule has 0 heterocycles. The van der Waals surface area contributed by atoms with E-state index in [1.54, 1.807) is 19.1 Å². The molecule has 0 radical (unpaired) electrons. The molecule has 7 heteroatoms. The monoisotopic (exact) mass is 428 g/mol. The number of amides is 1. The van der Waals surface area contributed by atoms with Crippen LogP contribution in [0.1, 0.15) is 27.0 Å². The zero-order chi connectivity index (χ0) is 20.9. The number of rotatable bonds is 7. The van der Waals surface area contributed by atoms with Crippen LogP contribution in [0.4, 0.5) is 0 Å². The van der Waals surface area contributed by atoms with Crippen LogP contribution in [0.5, 0.6) is 0 Å². The molecule has 1 amide bonds. The Bertz CT molecular complexity index is 1120. The first kappa shape index (κ1) is 21.0. The van der Waals surface area contributed by atoms with Gasteiger partial charge in [-0.15, -0.1) is 0 Å². The van der Waals surface area contributed by atoms with Gasteiger partial charge in [0, 0.05) is 23.7 Å². The summed E-state index contributed by atoms with van der Waals surface area (Å²) in [5.41, 5.74) is 2.62.